The van der Waals surface area contributed by atoms with Gasteiger partial charge in [0.15, 0.2) is 0 Å². The highest BCUT2D eigenvalue weighted by Gasteiger charge is 2.33. The summed E-state index contributed by atoms with van der Waals surface area (Å²) in [7, 11) is 0. The van der Waals surface area contributed by atoms with Crippen molar-refractivity contribution in [3.63, 3.8) is 0 Å². The first-order valence-electron chi connectivity index (χ1n) is 9.68. The topological polar surface area (TPSA) is 29.3 Å². The molecule has 0 fully saturated rings. The molecule has 0 saturated heterocycles. The Morgan fingerprint density at radius 2 is 0.912 bits per heavy atom. The largest absolute Gasteiger partial charge is 0.416 e. The molecule has 0 aliphatic heterocycles. The highest BCUT2D eigenvalue weighted by atomic mass is 19.4. The zero-order chi connectivity index (χ0) is 25.3. The molecular weight excluding hydrogens is 475 g/mol. The lowest BCUT2D eigenvalue weighted by Crippen LogP contribution is -2.23. The summed E-state index contributed by atoms with van der Waals surface area (Å²) in [5, 5.41) is 0. The van der Waals surface area contributed by atoms with E-state index in [0.717, 1.165) is 36.4 Å². The van der Waals surface area contributed by atoms with Crippen LogP contribution >= 0.6 is 0 Å². The Bertz CT molecular complexity index is 1050. The fraction of sp³-hybridized carbons (Fsp3) is 0.217. The summed E-state index contributed by atoms with van der Waals surface area (Å²) in [6, 6.07) is 10.9. The van der Waals surface area contributed by atoms with Gasteiger partial charge >= 0.3 is 18.5 Å². The predicted octanol–water partition coefficient (Wildman–Crippen LogP) is 7.53. The molecule has 11 heteroatoms. The van der Waals surface area contributed by atoms with Gasteiger partial charge < -0.3 is 10.6 Å². The molecule has 34 heavy (non-hydrogen) atoms. The summed E-state index contributed by atoms with van der Waals surface area (Å²) in [4.78, 5) is 1.39. The van der Waals surface area contributed by atoms with Crippen LogP contribution < -0.4 is 10.6 Å². The van der Waals surface area contributed by atoms with Crippen molar-refractivity contribution in [2.75, 3.05) is 10.6 Å². The first-order valence-corrected chi connectivity index (χ1v) is 9.68. The Balaban J connectivity index is 1.97. The number of halogens is 9. The number of benzene rings is 3. The second-order valence-corrected chi connectivity index (χ2v) is 7.56. The predicted molar refractivity (Wildman–Crippen MR) is 109 cm³/mol. The lowest BCUT2D eigenvalue weighted by Gasteiger charge is -2.27. The van der Waals surface area contributed by atoms with Gasteiger partial charge in [0.1, 0.15) is 0 Å². The van der Waals surface area contributed by atoms with Crippen molar-refractivity contribution in [1.82, 2.24) is 0 Å². The Morgan fingerprint density at radius 1 is 0.529 bits per heavy atom. The molecule has 3 aromatic rings. The first-order chi connectivity index (χ1) is 15.6. The maximum absolute atomic E-state index is 13.3. The molecule has 0 amide bonds. The van der Waals surface area contributed by atoms with Crippen LogP contribution in [0.3, 0.4) is 0 Å². The number of anilines is 2. The van der Waals surface area contributed by atoms with Crippen LogP contribution in [0.1, 0.15) is 27.8 Å². The van der Waals surface area contributed by atoms with Crippen molar-refractivity contribution in [2.24, 2.45) is 0 Å². The van der Waals surface area contributed by atoms with E-state index in [0.29, 0.717) is 11.1 Å². The van der Waals surface area contributed by atoms with Crippen molar-refractivity contribution in [1.29, 1.82) is 0 Å². The van der Waals surface area contributed by atoms with Gasteiger partial charge in [-0.1, -0.05) is 24.3 Å². The molecule has 2 N–H and O–H groups in total. The third-order valence-electron chi connectivity index (χ3n) is 4.94. The molecule has 0 atom stereocenters. The SMILES string of the molecule is Nc1cc(N(Cc2ccc(C(F)(F)F)cc2)Cc2ccc(C(F)(F)F)cc2)cc(C(F)(F)F)c1. The number of hydrogen-bond donors (Lipinski definition) is 1. The maximum Gasteiger partial charge on any atom is 0.416 e. The van der Waals surface area contributed by atoms with E-state index in [4.69, 9.17) is 5.73 Å². The average Bonchev–Trinajstić information content (AvgIpc) is 2.72. The minimum atomic E-state index is -4.71. The van der Waals surface area contributed by atoms with Gasteiger partial charge in [0.05, 0.1) is 16.7 Å². The standard InChI is InChI=1S/C23H17F9N2/c24-21(25,26)16-5-1-14(2-6-16)12-34(13-15-3-7-17(8-4-15)22(27,28)29)20-10-18(23(30,31)32)9-19(33)11-20/h1-11H,12-13,33H2. The van der Waals surface area contributed by atoms with Crippen molar-refractivity contribution in [2.45, 2.75) is 31.6 Å². The highest BCUT2D eigenvalue weighted by molar-refractivity contribution is 5.59. The van der Waals surface area contributed by atoms with Crippen LogP contribution in [0.4, 0.5) is 50.9 Å². The van der Waals surface area contributed by atoms with Crippen LogP contribution in [0.15, 0.2) is 66.7 Å². The molecule has 182 valence electrons. The second-order valence-electron chi connectivity index (χ2n) is 7.56. The lowest BCUT2D eigenvalue weighted by atomic mass is 10.1. The van der Waals surface area contributed by atoms with Crippen molar-refractivity contribution < 1.29 is 39.5 Å². The molecular formula is C23H17F9N2. The van der Waals surface area contributed by atoms with Crippen LogP contribution in [0.25, 0.3) is 0 Å². The summed E-state index contributed by atoms with van der Waals surface area (Å²) in [6.07, 6.45) is -13.8. The fourth-order valence-corrected chi connectivity index (χ4v) is 3.26. The van der Waals surface area contributed by atoms with Gasteiger partial charge in [-0.15, -0.1) is 0 Å². The third-order valence-corrected chi connectivity index (χ3v) is 4.94. The Morgan fingerprint density at radius 3 is 1.26 bits per heavy atom. The minimum Gasteiger partial charge on any atom is -0.399 e. The van der Waals surface area contributed by atoms with E-state index in [1.807, 2.05) is 0 Å². The Hall–Kier alpha value is -3.37. The van der Waals surface area contributed by atoms with Crippen LogP contribution in [-0.2, 0) is 31.6 Å². The van der Waals surface area contributed by atoms with E-state index >= 15 is 0 Å². The first kappa shape index (κ1) is 25.3. The lowest BCUT2D eigenvalue weighted by molar-refractivity contribution is -0.138. The zero-order valence-corrected chi connectivity index (χ0v) is 17.2. The fourth-order valence-electron chi connectivity index (χ4n) is 3.26. The number of nitrogens with zero attached hydrogens (tertiary/aromatic N) is 1. The monoisotopic (exact) mass is 492 g/mol. The van der Waals surface area contributed by atoms with Gasteiger partial charge in [0, 0.05) is 24.5 Å². The van der Waals surface area contributed by atoms with E-state index in [-0.39, 0.29) is 24.5 Å². The van der Waals surface area contributed by atoms with Crippen LogP contribution in [0.5, 0.6) is 0 Å². The molecule has 0 saturated carbocycles. The summed E-state index contributed by atoms with van der Waals surface area (Å²) in [5.41, 5.74) is 3.31. The number of nitrogen functional groups attached to an aromatic ring is 1. The van der Waals surface area contributed by atoms with Crippen LogP contribution in [0, 0.1) is 0 Å². The smallest absolute Gasteiger partial charge is 0.399 e. The summed E-state index contributed by atoms with van der Waals surface area (Å²) in [6.45, 7) is -0.250. The molecule has 0 aromatic heterocycles. The second kappa shape index (κ2) is 9.11. The third kappa shape index (κ3) is 6.36. The Labute approximate surface area is 188 Å². The molecule has 0 bridgehead atoms. The zero-order valence-electron chi connectivity index (χ0n) is 17.2. The summed E-state index contributed by atoms with van der Waals surface area (Å²) >= 11 is 0. The van der Waals surface area contributed by atoms with E-state index in [9.17, 15) is 39.5 Å². The van der Waals surface area contributed by atoms with E-state index in [2.05, 4.69) is 0 Å². The van der Waals surface area contributed by atoms with E-state index in [1.165, 1.54) is 35.2 Å². The minimum absolute atomic E-state index is 0.00659. The molecule has 0 spiro atoms. The molecule has 3 aromatic carbocycles. The Kier molecular flexibility index (Phi) is 6.77. The van der Waals surface area contributed by atoms with E-state index in [1.54, 1.807) is 0 Å². The number of nitrogens with two attached hydrogens (primary N) is 1. The normalized spacial score (nSPS) is 12.6. The summed E-state index contributed by atoms with van der Waals surface area (Å²) < 4.78 is 117. The van der Waals surface area contributed by atoms with Gasteiger partial charge in [0.25, 0.3) is 0 Å². The number of hydrogen-bond acceptors (Lipinski definition) is 2. The van der Waals surface area contributed by atoms with Crippen molar-refractivity contribution >= 4 is 11.4 Å². The molecule has 0 unspecified atom stereocenters. The van der Waals surface area contributed by atoms with Crippen molar-refractivity contribution in [3.8, 4) is 0 Å². The quantitative estimate of drug-likeness (QED) is 0.295. The highest BCUT2D eigenvalue weighted by Crippen LogP contribution is 2.35. The van der Waals surface area contributed by atoms with Gasteiger partial charge in [-0.05, 0) is 53.6 Å². The van der Waals surface area contributed by atoms with Crippen LogP contribution in [0.2, 0.25) is 0 Å². The van der Waals surface area contributed by atoms with Crippen LogP contribution in [-0.4, -0.2) is 0 Å². The molecule has 3 rings (SSSR count). The number of rotatable bonds is 5. The average molecular weight is 492 g/mol. The molecule has 0 aliphatic carbocycles. The van der Waals surface area contributed by atoms with Crippen molar-refractivity contribution in [3.05, 3.63) is 94.5 Å². The van der Waals surface area contributed by atoms with Gasteiger partial charge in [0.2, 0.25) is 0 Å². The molecule has 0 aliphatic rings. The number of alkyl halides is 9. The molecule has 0 heterocycles. The van der Waals surface area contributed by atoms with Gasteiger partial charge in [-0.3, -0.25) is 0 Å². The maximum atomic E-state index is 13.3. The molecule has 0 radical (unpaired) electrons. The van der Waals surface area contributed by atoms with E-state index < -0.39 is 35.2 Å². The molecule has 2 nitrogen and oxygen atoms in total. The van der Waals surface area contributed by atoms with Gasteiger partial charge in [-0.25, -0.2) is 0 Å². The van der Waals surface area contributed by atoms with Gasteiger partial charge in [-0.2, -0.15) is 39.5 Å². The summed E-state index contributed by atoms with van der Waals surface area (Å²) in [5.74, 6) is 0.